The van der Waals surface area contributed by atoms with Gasteiger partial charge in [-0.3, -0.25) is 4.79 Å². The van der Waals surface area contributed by atoms with Gasteiger partial charge < -0.3 is 5.32 Å². The topological polar surface area (TPSA) is 59.8 Å². The Hall–Kier alpha value is -3.18. The van der Waals surface area contributed by atoms with E-state index in [-0.39, 0.29) is 5.91 Å². The highest BCUT2D eigenvalue weighted by Gasteiger charge is 2.20. The molecule has 2 aromatic heterocycles. The summed E-state index contributed by atoms with van der Waals surface area (Å²) in [5.41, 5.74) is 6.53. The number of pyridine rings is 1. The van der Waals surface area contributed by atoms with E-state index in [9.17, 15) is 4.79 Å². The number of nitrogens with zero attached hydrogens (tertiary/aromatic N) is 3. The third-order valence-corrected chi connectivity index (χ3v) is 5.36. The minimum absolute atomic E-state index is 0.286. The zero-order valence-corrected chi connectivity index (χ0v) is 17.5. The molecule has 0 saturated carbocycles. The molecule has 0 fully saturated rings. The first-order chi connectivity index (χ1) is 13.9. The van der Waals surface area contributed by atoms with Crippen molar-refractivity contribution in [1.82, 2.24) is 14.8 Å². The molecule has 0 spiro atoms. The molecule has 6 heteroatoms. The van der Waals surface area contributed by atoms with Crippen LogP contribution in [-0.4, -0.2) is 20.7 Å². The summed E-state index contributed by atoms with van der Waals surface area (Å²) >= 11 is 6.66. The van der Waals surface area contributed by atoms with Crippen LogP contribution < -0.4 is 5.32 Å². The van der Waals surface area contributed by atoms with Crippen molar-refractivity contribution >= 4 is 34.2 Å². The van der Waals surface area contributed by atoms with Gasteiger partial charge >= 0.3 is 0 Å². The number of amides is 1. The molecule has 4 rings (SSSR count). The number of hydrogen-bond donors (Lipinski definition) is 1. The number of anilines is 1. The number of aromatic nitrogens is 3. The number of rotatable bonds is 3. The van der Waals surface area contributed by atoms with Crippen LogP contribution >= 0.6 is 11.6 Å². The Morgan fingerprint density at radius 3 is 2.34 bits per heavy atom. The number of carbonyl (C=O) groups is 1. The normalized spacial score (nSPS) is 11.1. The lowest BCUT2D eigenvalue weighted by Crippen LogP contribution is -2.15. The number of nitrogens with one attached hydrogen (secondary N) is 1. The van der Waals surface area contributed by atoms with Gasteiger partial charge in [-0.15, -0.1) is 0 Å². The van der Waals surface area contributed by atoms with Gasteiger partial charge in [-0.1, -0.05) is 47.5 Å². The lowest BCUT2D eigenvalue weighted by atomic mass is 10.0. The summed E-state index contributed by atoms with van der Waals surface area (Å²) in [5.74, 6) is -0.286. The molecule has 29 heavy (non-hydrogen) atoms. The van der Waals surface area contributed by atoms with Crippen molar-refractivity contribution in [3.05, 3.63) is 81.6 Å². The summed E-state index contributed by atoms with van der Waals surface area (Å²) < 4.78 is 1.74. The molecule has 2 aromatic carbocycles. The van der Waals surface area contributed by atoms with E-state index in [2.05, 4.69) is 15.4 Å². The molecular weight excluding hydrogens is 384 g/mol. The molecule has 0 atom stereocenters. The van der Waals surface area contributed by atoms with Crippen LogP contribution in [0.15, 0.2) is 48.7 Å². The molecular formula is C23H21ClN4O. The second kappa shape index (κ2) is 7.33. The van der Waals surface area contributed by atoms with Crippen molar-refractivity contribution in [2.75, 3.05) is 5.32 Å². The summed E-state index contributed by atoms with van der Waals surface area (Å²) in [4.78, 5) is 17.5. The smallest absolute Gasteiger partial charge is 0.258 e. The third kappa shape index (κ3) is 3.38. The first-order valence-electron chi connectivity index (χ1n) is 9.35. The van der Waals surface area contributed by atoms with Gasteiger partial charge in [0, 0.05) is 11.9 Å². The predicted molar refractivity (Wildman–Crippen MR) is 117 cm³/mol. The van der Waals surface area contributed by atoms with Crippen molar-refractivity contribution in [3.63, 3.8) is 0 Å². The zero-order valence-electron chi connectivity index (χ0n) is 16.7. The molecule has 5 nitrogen and oxygen atoms in total. The van der Waals surface area contributed by atoms with E-state index < -0.39 is 0 Å². The summed E-state index contributed by atoms with van der Waals surface area (Å²) in [5, 5.41) is 8.61. The van der Waals surface area contributed by atoms with Crippen LogP contribution in [0.1, 0.15) is 32.7 Å². The van der Waals surface area contributed by atoms with Crippen LogP contribution in [0.4, 0.5) is 5.69 Å². The van der Waals surface area contributed by atoms with Crippen LogP contribution in [0.5, 0.6) is 0 Å². The highest BCUT2D eigenvalue weighted by molar-refractivity contribution is 6.39. The van der Waals surface area contributed by atoms with Crippen molar-refractivity contribution < 1.29 is 4.79 Å². The Morgan fingerprint density at radius 2 is 1.69 bits per heavy atom. The van der Waals surface area contributed by atoms with Crippen LogP contribution in [0.2, 0.25) is 5.02 Å². The minimum Gasteiger partial charge on any atom is -0.321 e. The summed E-state index contributed by atoms with van der Waals surface area (Å²) in [6.45, 7) is 7.86. The number of hydrogen-bond acceptors (Lipinski definition) is 3. The summed E-state index contributed by atoms with van der Waals surface area (Å²) in [7, 11) is 0. The highest BCUT2D eigenvalue weighted by Crippen LogP contribution is 2.31. The Balaban J connectivity index is 1.77. The number of carbonyl (C=O) groups excluding carboxylic acids is 1. The first-order valence-corrected chi connectivity index (χ1v) is 9.73. The highest BCUT2D eigenvalue weighted by atomic mass is 35.5. The molecule has 0 aliphatic carbocycles. The predicted octanol–water partition coefficient (Wildman–Crippen LogP) is 5.56. The van der Waals surface area contributed by atoms with E-state index in [1.807, 2.05) is 70.2 Å². The lowest BCUT2D eigenvalue weighted by Gasteiger charge is -2.13. The van der Waals surface area contributed by atoms with E-state index in [0.29, 0.717) is 21.6 Å². The SMILES string of the molecule is Cc1cc(C)c(NC(=O)c2cnc3c(c(C)nn3-c3ccccc3)c2Cl)c(C)c1. The van der Waals surface area contributed by atoms with E-state index in [4.69, 9.17) is 11.6 Å². The number of benzene rings is 2. The molecule has 0 unspecified atom stereocenters. The van der Waals surface area contributed by atoms with Gasteiger partial charge in [-0.05, 0) is 51.0 Å². The maximum atomic E-state index is 13.0. The van der Waals surface area contributed by atoms with E-state index in [0.717, 1.165) is 33.8 Å². The van der Waals surface area contributed by atoms with Gasteiger partial charge in [0.15, 0.2) is 5.65 Å². The number of para-hydroxylation sites is 1. The van der Waals surface area contributed by atoms with Crippen LogP contribution in [-0.2, 0) is 0 Å². The van der Waals surface area contributed by atoms with E-state index >= 15 is 0 Å². The summed E-state index contributed by atoms with van der Waals surface area (Å²) in [6, 6.07) is 13.8. The molecule has 1 N–H and O–H groups in total. The molecule has 0 aliphatic heterocycles. The van der Waals surface area contributed by atoms with Crippen molar-refractivity contribution in [2.24, 2.45) is 0 Å². The number of fused-ring (bicyclic) bond motifs is 1. The molecule has 0 bridgehead atoms. The first kappa shape index (κ1) is 19.2. The van der Waals surface area contributed by atoms with Gasteiger partial charge in [0.2, 0.25) is 0 Å². The molecule has 1 amide bonds. The Bertz CT molecular complexity index is 1220. The van der Waals surface area contributed by atoms with Crippen LogP contribution in [0.25, 0.3) is 16.7 Å². The maximum Gasteiger partial charge on any atom is 0.258 e. The van der Waals surface area contributed by atoms with E-state index in [1.54, 1.807) is 4.68 Å². The summed E-state index contributed by atoms with van der Waals surface area (Å²) in [6.07, 6.45) is 1.51. The average Bonchev–Trinajstić information content (AvgIpc) is 3.03. The molecule has 146 valence electrons. The quantitative estimate of drug-likeness (QED) is 0.486. The molecule has 4 aromatic rings. The van der Waals surface area contributed by atoms with Gasteiger partial charge in [-0.25, -0.2) is 9.67 Å². The fourth-order valence-electron chi connectivity index (χ4n) is 3.67. The van der Waals surface area contributed by atoms with Crippen LogP contribution in [0.3, 0.4) is 0 Å². The molecule has 0 aliphatic rings. The second-order valence-corrected chi connectivity index (χ2v) is 7.62. The number of aryl methyl sites for hydroxylation is 4. The largest absolute Gasteiger partial charge is 0.321 e. The van der Waals surface area contributed by atoms with Crippen molar-refractivity contribution in [2.45, 2.75) is 27.7 Å². The van der Waals surface area contributed by atoms with Gasteiger partial charge in [0.1, 0.15) is 0 Å². The fourth-order valence-corrected chi connectivity index (χ4v) is 4.03. The Kier molecular flexibility index (Phi) is 4.84. The molecule has 2 heterocycles. The van der Waals surface area contributed by atoms with Crippen LogP contribution in [0, 0.1) is 27.7 Å². The zero-order chi connectivity index (χ0) is 20.7. The average molecular weight is 405 g/mol. The minimum atomic E-state index is -0.286. The second-order valence-electron chi connectivity index (χ2n) is 7.25. The fraction of sp³-hybridized carbons (Fsp3) is 0.174. The van der Waals surface area contributed by atoms with Gasteiger partial charge in [-0.2, -0.15) is 5.10 Å². The lowest BCUT2D eigenvalue weighted by molar-refractivity contribution is 0.102. The monoisotopic (exact) mass is 404 g/mol. The standard InChI is InChI=1S/C23H21ClN4O/c1-13-10-14(2)21(15(3)11-13)26-23(29)18-12-25-22-19(20(18)24)16(4)27-28(22)17-8-6-5-7-9-17/h5-12H,1-4H3,(H,26,29). The van der Waals surface area contributed by atoms with Gasteiger partial charge in [0.25, 0.3) is 5.91 Å². The number of halogens is 1. The Morgan fingerprint density at radius 1 is 1.03 bits per heavy atom. The van der Waals surface area contributed by atoms with Gasteiger partial charge in [0.05, 0.1) is 27.4 Å². The molecule has 0 saturated heterocycles. The Labute approximate surface area is 174 Å². The third-order valence-electron chi connectivity index (χ3n) is 4.97. The van der Waals surface area contributed by atoms with Crippen molar-refractivity contribution in [1.29, 1.82) is 0 Å². The maximum absolute atomic E-state index is 13.0. The van der Waals surface area contributed by atoms with Crippen molar-refractivity contribution in [3.8, 4) is 5.69 Å². The molecule has 0 radical (unpaired) electrons. The van der Waals surface area contributed by atoms with E-state index in [1.165, 1.54) is 6.20 Å².